The Bertz CT molecular complexity index is 1570. The first-order chi connectivity index (χ1) is 19.5. The van der Waals surface area contributed by atoms with Crippen LogP contribution in [0.15, 0.2) is 83.8 Å². The Morgan fingerprint density at radius 3 is 2.17 bits per heavy atom. The number of imidazole rings is 1. The molecule has 6 rings (SSSR count). The fourth-order valence-electron chi connectivity index (χ4n) is 5.39. The van der Waals surface area contributed by atoms with E-state index in [2.05, 4.69) is 39.8 Å². The number of sulfonamides is 1. The minimum absolute atomic E-state index is 0.0775. The van der Waals surface area contributed by atoms with Gasteiger partial charge in [-0.15, -0.1) is 0 Å². The van der Waals surface area contributed by atoms with E-state index in [4.69, 9.17) is 9.72 Å². The SMILES string of the molecule is O=C(c1ccc(S(=O)(=O)N2CCOCC2)cc1)N1CCN(Cc2nc3ccccc3n2Cc2ccccc2)CC1. The van der Waals surface area contributed by atoms with Crippen molar-refractivity contribution in [2.24, 2.45) is 0 Å². The normalized spacial score (nSPS) is 17.4. The quantitative estimate of drug-likeness (QED) is 0.346. The number of ether oxygens (including phenoxy) is 1. The Labute approximate surface area is 234 Å². The van der Waals surface area contributed by atoms with Crippen LogP contribution in [0.2, 0.25) is 0 Å². The maximum absolute atomic E-state index is 13.2. The van der Waals surface area contributed by atoms with Gasteiger partial charge in [-0.2, -0.15) is 4.31 Å². The molecule has 40 heavy (non-hydrogen) atoms. The number of rotatable bonds is 7. The number of benzene rings is 3. The Morgan fingerprint density at radius 1 is 0.775 bits per heavy atom. The lowest BCUT2D eigenvalue weighted by Crippen LogP contribution is -2.48. The second-order valence-electron chi connectivity index (χ2n) is 10.2. The summed E-state index contributed by atoms with van der Waals surface area (Å²) in [6.45, 7) is 5.63. The van der Waals surface area contributed by atoms with Crippen molar-refractivity contribution in [1.29, 1.82) is 0 Å². The molecule has 10 heteroatoms. The Balaban J connectivity index is 1.10. The molecule has 1 aromatic heterocycles. The van der Waals surface area contributed by atoms with Crippen LogP contribution in [-0.2, 0) is 27.8 Å². The van der Waals surface area contributed by atoms with Crippen LogP contribution in [0.1, 0.15) is 21.7 Å². The molecule has 2 saturated heterocycles. The predicted octanol–water partition coefficient (Wildman–Crippen LogP) is 3.06. The summed E-state index contributed by atoms with van der Waals surface area (Å²) in [6, 6.07) is 24.9. The molecule has 0 N–H and O–H groups in total. The highest BCUT2D eigenvalue weighted by Gasteiger charge is 2.28. The lowest BCUT2D eigenvalue weighted by Gasteiger charge is -2.34. The highest BCUT2D eigenvalue weighted by Crippen LogP contribution is 2.21. The van der Waals surface area contributed by atoms with Crippen molar-refractivity contribution in [1.82, 2.24) is 23.7 Å². The number of para-hydroxylation sites is 2. The molecule has 0 spiro atoms. The van der Waals surface area contributed by atoms with E-state index < -0.39 is 10.0 Å². The molecule has 0 radical (unpaired) electrons. The number of carbonyl (C=O) groups is 1. The third-order valence-corrected chi connectivity index (χ3v) is 9.56. The standard InChI is InChI=1S/C30H33N5O4S/c36-30(25-10-12-26(13-11-25)40(37,38)34-18-20-39-21-19-34)33-16-14-32(15-17-33)23-29-31-27-8-4-5-9-28(27)35(29)22-24-6-2-1-3-7-24/h1-13H,14-23H2. The van der Waals surface area contributed by atoms with Crippen molar-refractivity contribution in [3.63, 3.8) is 0 Å². The summed E-state index contributed by atoms with van der Waals surface area (Å²) in [4.78, 5) is 22.5. The zero-order chi connectivity index (χ0) is 27.5. The number of fused-ring (bicyclic) bond motifs is 1. The van der Waals surface area contributed by atoms with Crippen molar-refractivity contribution < 1.29 is 17.9 Å². The smallest absolute Gasteiger partial charge is 0.253 e. The van der Waals surface area contributed by atoms with Gasteiger partial charge in [-0.1, -0.05) is 42.5 Å². The second kappa shape index (κ2) is 11.5. The maximum atomic E-state index is 13.2. The fourth-order valence-corrected chi connectivity index (χ4v) is 6.79. The summed E-state index contributed by atoms with van der Waals surface area (Å²) in [7, 11) is -3.59. The Kier molecular flexibility index (Phi) is 7.66. The largest absolute Gasteiger partial charge is 0.379 e. The number of carbonyl (C=O) groups excluding carboxylic acids is 1. The highest BCUT2D eigenvalue weighted by molar-refractivity contribution is 7.89. The third kappa shape index (κ3) is 5.53. The van der Waals surface area contributed by atoms with Crippen molar-refractivity contribution >= 4 is 27.0 Å². The van der Waals surface area contributed by atoms with Gasteiger partial charge in [0.2, 0.25) is 10.0 Å². The predicted molar refractivity (Wildman–Crippen MR) is 152 cm³/mol. The number of piperazine rings is 1. The third-order valence-electron chi connectivity index (χ3n) is 7.65. The van der Waals surface area contributed by atoms with Crippen LogP contribution in [0, 0.1) is 0 Å². The van der Waals surface area contributed by atoms with Crippen molar-refractivity contribution in [3.8, 4) is 0 Å². The van der Waals surface area contributed by atoms with Gasteiger partial charge in [-0.3, -0.25) is 9.69 Å². The minimum Gasteiger partial charge on any atom is -0.379 e. The van der Waals surface area contributed by atoms with Crippen LogP contribution in [0.3, 0.4) is 0 Å². The van der Waals surface area contributed by atoms with Gasteiger partial charge < -0.3 is 14.2 Å². The van der Waals surface area contributed by atoms with Gasteiger partial charge in [0.1, 0.15) is 5.82 Å². The van der Waals surface area contributed by atoms with E-state index in [1.807, 2.05) is 29.2 Å². The lowest BCUT2D eigenvalue weighted by molar-refractivity contribution is 0.0624. The van der Waals surface area contributed by atoms with E-state index in [1.165, 1.54) is 22.0 Å². The van der Waals surface area contributed by atoms with E-state index in [0.29, 0.717) is 51.5 Å². The number of morpholine rings is 1. The monoisotopic (exact) mass is 559 g/mol. The van der Waals surface area contributed by atoms with E-state index in [0.717, 1.165) is 36.5 Å². The summed E-state index contributed by atoms with van der Waals surface area (Å²) < 4.78 is 34.8. The van der Waals surface area contributed by atoms with Gasteiger partial charge in [0, 0.05) is 51.4 Å². The molecular formula is C30H33N5O4S. The average molecular weight is 560 g/mol. The Hall–Kier alpha value is -3.57. The molecule has 0 unspecified atom stereocenters. The van der Waals surface area contributed by atoms with Gasteiger partial charge in [-0.05, 0) is 42.0 Å². The summed E-state index contributed by atoms with van der Waals surface area (Å²) >= 11 is 0. The molecule has 9 nitrogen and oxygen atoms in total. The van der Waals surface area contributed by atoms with Gasteiger partial charge in [0.25, 0.3) is 5.91 Å². The van der Waals surface area contributed by atoms with Crippen molar-refractivity contribution in [2.75, 3.05) is 52.5 Å². The molecule has 0 bridgehead atoms. The highest BCUT2D eigenvalue weighted by atomic mass is 32.2. The first kappa shape index (κ1) is 26.6. The van der Waals surface area contributed by atoms with Crippen LogP contribution in [0.5, 0.6) is 0 Å². The second-order valence-corrected chi connectivity index (χ2v) is 12.1. The zero-order valence-electron chi connectivity index (χ0n) is 22.4. The van der Waals surface area contributed by atoms with Crippen molar-refractivity contribution in [2.45, 2.75) is 18.0 Å². The van der Waals surface area contributed by atoms with Crippen LogP contribution >= 0.6 is 0 Å². The molecular weight excluding hydrogens is 526 g/mol. The van der Waals surface area contributed by atoms with Gasteiger partial charge >= 0.3 is 0 Å². The molecule has 2 aliphatic rings. The molecule has 0 atom stereocenters. The molecule has 2 aliphatic heterocycles. The van der Waals surface area contributed by atoms with Crippen LogP contribution in [0.25, 0.3) is 11.0 Å². The molecule has 3 heterocycles. The van der Waals surface area contributed by atoms with Crippen LogP contribution in [-0.4, -0.2) is 90.5 Å². The van der Waals surface area contributed by atoms with Crippen LogP contribution in [0.4, 0.5) is 0 Å². The average Bonchev–Trinajstić information content (AvgIpc) is 3.34. The number of hydrogen-bond donors (Lipinski definition) is 0. The van der Waals surface area contributed by atoms with E-state index in [1.54, 1.807) is 12.1 Å². The molecule has 0 aliphatic carbocycles. The number of hydrogen-bond acceptors (Lipinski definition) is 6. The van der Waals surface area contributed by atoms with E-state index in [9.17, 15) is 13.2 Å². The van der Waals surface area contributed by atoms with Crippen LogP contribution < -0.4 is 0 Å². The summed E-state index contributed by atoms with van der Waals surface area (Å²) in [6.07, 6.45) is 0. The fraction of sp³-hybridized carbons (Fsp3) is 0.333. The molecule has 208 valence electrons. The first-order valence-electron chi connectivity index (χ1n) is 13.7. The lowest BCUT2D eigenvalue weighted by atomic mass is 10.2. The first-order valence-corrected chi connectivity index (χ1v) is 15.1. The minimum atomic E-state index is -3.59. The molecule has 0 saturated carbocycles. The van der Waals surface area contributed by atoms with Gasteiger partial charge in [0.05, 0.1) is 35.7 Å². The summed E-state index contributed by atoms with van der Waals surface area (Å²) in [5, 5.41) is 0. The summed E-state index contributed by atoms with van der Waals surface area (Å²) in [5.41, 5.74) is 3.83. The molecule has 3 aromatic carbocycles. The molecule has 4 aromatic rings. The van der Waals surface area contributed by atoms with E-state index >= 15 is 0 Å². The number of aromatic nitrogens is 2. The number of amides is 1. The van der Waals surface area contributed by atoms with Gasteiger partial charge in [0.15, 0.2) is 0 Å². The zero-order valence-corrected chi connectivity index (χ0v) is 23.2. The Morgan fingerprint density at radius 2 is 1.45 bits per heavy atom. The molecule has 2 fully saturated rings. The van der Waals surface area contributed by atoms with E-state index in [-0.39, 0.29) is 10.8 Å². The topological polar surface area (TPSA) is 88.0 Å². The van der Waals surface area contributed by atoms with Crippen molar-refractivity contribution in [3.05, 3.63) is 95.8 Å². The maximum Gasteiger partial charge on any atom is 0.253 e. The summed E-state index contributed by atoms with van der Waals surface area (Å²) in [5.74, 6) is 0.938. The molecule has 1 amide bonds. The van der Waals surface area contributed by atoms with Gasteiger partial charge in [-0.25, -0.2) is 13.4 Å². The number of nitrogens with zero attached hydrogens (tertiary/aromatic N) is 5.